The molecule has 2 aromatic heterocycles. The highest BCUT2D eigenvalue weighted by Gasteiger charge is 1.98. The van der Waals surface area contributed by atoms with Gasteiger partial charge < -0.3 is 10.6 Å². The van der Waals surface area contributed by atoms with Crippen LogP contribution in [0.2, 0.25) is 0 Å². The van der Waals surface area contributed by atoms with Crippen LogP contribution >= 0.6 is 0 Å². The molecule has 0 spiro atoms. The molecule has 16 heavy (non-hydrogen) atoms. The van der Waals surface area contributed by atoms with E-state index in [4.69, 9.17) is 0 Å². The van der Waals surface area contributed by atoms with Gasteiger partial charge in [0.05, 0.1) is 6.54 Å². The molecular formula is C11H13N5. The molecule has 5 nitrogen and oxygen atoms in total. The molecule has 0 bridgehead atoms. The van der Waals surface area contributed by atoms with Gasteiger partial charge in [-0.25, -0.2) is 9.97 Å². The van der Waals surface area contributed by atoms with Gasteiger partial charge in [-0.15, -0.1) is 0 Å². The Morgan fingerprint density at radius 3 is 2.69 bits per heavy atom. The average Bonchev–Trinajstić information content (AvgIpc) is 2.31. The maximum atomic E-state index is 4.35. The van der Waals surface area contributed by atoms with Crippen molar-refractivity contribution >= 4 is 11.5 Å². The van der Waals surface area contributed by atoms with Gasteiger partial charge in [0.15, 0.2) is 0 Å². The monoisotopic (exact) mass is 215 g/mol. The fourth-order valence-electron chi connectivity index (χ4n) is 1.30. The van der Waals surface area contributed by atoms with Crippen LogP contribution in [0.4, 0.5) is 11.5 Å². The van der Waals surface area contributed by atoms with E-state index in [-0.39, 0.29) is 0 Å². The van der Waals surface area contributed by atoms with Crippen LogP contribution in [0.3, 0.4) is 0 Å². The van der Waals surface area contributed by atoms with E-state index in [9.17, 15) is 0 Å². The van der Waals surface area contributed by atoms with Crippen LogP contribution in [0, 0.1) is 0 Å². The van der Waals surface area contributed by atoms with Gasteiger partial charge in [-0.2, -0.15) is 0 Å². The fourth-order valence-corrected chi connectivity index (χ4v) is 1.30. The lowest BCUT2D eigenvalue weighted by Gasteiger charge is -2.06. The Hall–Kier alpha value is -2.01. The lowest BCUT2D eigenvalue weighted by molar-refractivity contribution is 0.759. The van der Waals surface area contributed by atoms with Crippen molar-refractivity contribution in [1.29, 1.82) is 0 Å². The molecule has 0 unspecified atom stereocenters. The molecule has 0 radical (unpaired) electrons. The van der Waals surface area contributed by atoms with Crippen molar-refractivity contribution < 1.29 is 0 Å². The number of nitrogens with zero attached hydrogens (tertiary/aromatic N) is 3. The van der Waals surface area contributed by atoms with Crippen LogP contribution in [-0.2, 0) is 6.54 Å². The fraction of sp³-hybridized carbons (Fsp3) is 0.182. The van der Waals surface area contributed by atoms with Crippen molar-refractivity contribution in [3.8, 4) is 0 Å². The molecule has 2 rings (SSSR count). The number of anilines is 2. The Kier molecular flexibility index (Phi) is 3.40. The Bertz CT molecular complexity index is 443. The SMILES string of the molecule is CNCc1nccc(Nc2ccncc2)n1. The molecule has 82 valence electrons. The summed E-state index contributed by atoms with van der Waals surface area (Å²) in [6, 6.07) is 5.61. The minimum atomic E-state index is 0.659. The van der Waals surface area contributed by atoms with E-state index in [1.165, 1.54) is 0 Å². The Labute approximate surface area is 94.0 Å². The first-order chi connectivity index (χ1) is 7.88. The second kappa shape index (κ2) is 5.18. The summed E-state index contributed by atoms with van der Waals surface area (Å²) >= 11 is 0. The van der Waals surface area contributed by atoms with E-state index in [1.54, 1.807) is 18.6 Å². The van der Waals surface area contributed by atoms with Crippen LogP contribution in [0.1, 0.15) is 5.82 Å². The summed E-state index contributed by atoms with van der Waals surface area (Å²) in [5.74, 6) is 1.55. The highest BCUT2D eigenvalue weighted by Crippen LogP contribution is 2.11. The zero-order valence-corrected chi connectivity index (χ0v) is 9.01. The van der Waals surface area contributed by atoms with Crippen molar-refractivity contribution in [2.24, 2.45) is 0 Å². The number of pyridine rings is 1. The van der Waals surface area contributed by atoms with Crippen LogP contribution in [0.25, 0.3) is 0 Å². The molecule has 0 saturated carbocycles. The van der Waals surface area contributed by atoms with Gasteiger partial charge in [0.2, 0.25) is 0 Å². The minimum absolute atomic E-state index is 0.659. The number of aromatic nitrogens is 3. The quantitative estimate of drug-likeness (QED) is 0.805. The lowest BCUT2D eigenvalue weighted by Crippen LogP contribution is -2.09. The average molecular weight is 215 g/mol. The van der Waals surface area contributed by atoms with Gasteiger partial charge in [0.25, 0.3) is 0 Å². The first kappa shape index (κ1) is 10.5. The van der Waals surface area contributed by atoms with Gasteiger partial charge in [-0.1, -0.05) is 0 Å². The normalized spacial score (nSPS) is 10.1. The Morgan fingerprint density at radius 2 is 1.94 bits per heavy atom. The van der Waals surface area contributed by atoms with Crippen LogP contribution in [0.5, 0.6) is 0 Å². The van der Waals surface area contributed by atoms with E-state index in [1.807, 2.05) is 25.2 Å². The van der Waals surface area contributed by atoms with Crippen molar-refractivity contribution in [3.05, 3.63) is 42.6 Å². The third-order valence-corrected chi connectivity index (χ3v) is 1.99. The standard InChI is InChI=1S/C11H13N5/c1-12-8-11-14-7-4-10(16-11)15-9-2-5-13-6-3-9/h2-7,12H,8H2,1H3,(H,13,14,15,16). The summed E-state index contributed by atoms with van der Waals surface area (Å²) in [6.07, 6.45) is 5.21. The van der Waals surface area contributed by atoms with Crippen molar-refractivity contribution in [2.75, 3.05) is 12.4 Å². The highest BCUT2D eigenvalue weighted by atomic mass is 15.0. The zero-order chi connectivity index (χ0) is 11.2. The van der Waals surface area contributed by atoms with E-state index >= 15 is 0 Å². The smallest absolute Gasteiger partial charge is 0.144 e. The van der Waals surface area contributed by atoms with E-state index in [0.29, 0.717) is 6.54 Å². The van der Waals surface area contributed by atoms with E-state index in [0.717, 1.165) is 17.3 Å². The number of hydrogen-bond acceptors (Lipinski definition) is 5. The van der Waals surface area contributed by atoms with Gasteiger partial charge in [-0.3, -0.25) is 4.98 Å². The maximum Gasteiger partial charge on any atom is 0.144 e. The zero-order valence-electron chi connectivity index (χ0n) is 9.01. The van der Waals surface area contributed by atoms with E-state index < -0.39 is 0 Å². The molecule has 0 aliphatic carbocycles. The summed E-state index contributed by atoms with van der Waals surface area (Å²) in [5.41, 5.74) is 0.962. The molecule has 2 heterocycles. The van der Waals surface area contributed by atoms with Gasteiger partial charge in [-0.05, 0) is 25.2 Å². The number of nitrogens with one attached hydrogen (secondary N) is 2. The third kappa shape index (κ3) is 2.74. The van der Waals surface area contributed by atoms with Crippen molar-refractivity contribution in [2.45, 2.75) is 6.54 Å². The predicted molar refractivity (Wildman–Crippen MR) is 62.3 cm³/mol. The number of rotatable bonds is 4. The molecule has 5 heteroatoms. The molecule has 0 atom stereocenters. The van der Waals surface area contributed by atoms with Gasteiger partial charge in [0.1, 0.15) is 11.6 Å². The second-order valence-corrected chi connectivity index (χ2v) is 3.25. The van der Waals surface area contributed by atoms with Gasteiger partial charge in [0, 0.05) is 24.3 Å². The Balaban J connectivity index is 2.12. The molecule has 0 saturated heterocycles. The van der Waals surface area contributed by atoms with Crippen LogP contribution in [-0.4, -0.2) is 22.0 Å². The van der Waals surface area contributed by atoms with Crippen molar-refractivity contribution in [1.82, 2.24) is 20.3 Å². The molecule has 0 aromatic carbocycles. The number of hydrogen-bond donors (Lipinski definition) is 2. The second-order valence-electron chi connectivity index (χ2n) is 3.25. The first-order valence-electron chi connectivity index (χ1n) is 5.02. The summed E-state index contributed by atoms with van der Waals surface area (Å²) in [5, 5.41) is 6.20. The lowest BCUT2D eigenvalue weighted by atomic mass is 10.4. The van der Waals surface area contributed by atoms with E-state index in [2.05, 4.69) is 25.6 Å². The topological polar surface area (TPSA) is 62.7 Å². The largest absolute Gasteiger partial charge is 0.340 e. The minimum Gasteiger partial charge on any atom is -0.340 e. The predicted octanol–water partition coefficient (Wildman–Crippen LogP) is 1.33. The summed E-state index contributed by atoms with van der Waals surface area (Å²) in [7, 11) is 1.87. The van der Waals surface area contributed by atoms with Gasteiger partial charge >= 0.3 is 0 Å². The molecule has 0 aliphatic rings. The first-order valence-corrected chi connectivity index (χ1v) is 5.02. The van der Waals surface area contributed by atoms with Crippen molar-refractivity contribution in [3.63, 3.8) is 0 Å². The van der Waals surface area contributed by atoms with Crippen LogP contribution < -0.4 is 10.6 Å². The molecule has 0 amide bonds. The molecule has 2 N–H and O–H groups in total. The molecule has 0 fully saturated rings. The molecular weight excluding hydrogens is 202 g/mol. The van der Waals surface area contributed by atoms with Crippen LogP contribution in [0.15, 0.2) is 36.8 Å². The summed E-state index contributed by atoms with van der Waals surface area (Å²) in [4.78, 5) is 12.4. The summed E-state index contributed by atoms with van der Waals surface area (Å²) in [6.45, 7) is 0.659. The maximum absolute atomic E-state index is 4.35. The molecule has 0 aliphatic heterocycles. The molecule has 2 aromatic rings. The Morgan fingerprint density at radius 1 is 1.12 bits per heavy atom. The summed E-state index contributed by atoms with van der Waals surface area (Å²) < 4.78 is 0. The third-order valence-electron chi connectivity index (χ3n) is 1.99. The highest BCUT2D eigenvalue weighted by molar-refractivity contribution is 5.54.